The molecule has 0 fully saturated rings. The number of hydrogen-bond donors (Lipinski definition) is 0. The van der Waals surface area contributed by atoms with Crippen LogP contribution >= 0.6 is 0 Å². The van der Waals surface area contributed by atoms with E-state index >= 15 is 0 Å². The first-order valence-electron chi connectivity index (χ1n) is 21.9. The number of aromatic nitrogens is 2. The van der Waals surface area contributed by atoms with Crippen molar-refractivity contribution in [2.75, 3.05) is 0 Å². The lowest BCUT2D eigenvalue weighted by molar-refractivity contribution is 1.18. The van der Waals surface area contributed by atoms with Crippen molar-refractivity contribution in [2.24, 2.45) is 0 Å². The average Bonchev–Trinajstić information content (AvgIpc) is 3.87. The molecule has 0 bridgehead atoms. The van der Waals surface area contributed by atoms with E-state index < -0.39 is 0 Å². The molecule has 0 spiro atoms. The van der Waals surface area contributed by atoms with Crippen molar-refractivity contribution in [1.29, 1.82) is 0 Å². The fraction of sp³-hybridized carbons (Fsp3) is 0. The van der Waals surface area contributed by atoms with Gasteiger partial charge in [-0.1, -0.05) is 164 Å². The smallest absolute Gasteiger partial charge is 0.0645 e. The predicted octanol–water partition coefficient (Wildman–Crippen LogP) is 15.7. The Balaban J connectivity index is 1.10. The summed E-state index contributed by atoms with van der Waals surface area (Å²) in [6.45, 7) is 0. The number of hydrogen-bond acceptors (Lipinski definition) is 0. The van der Waals surface area contributed by atoms with Gasteiger partial charge in [-0.3, -0.25) is 0 Å². The molecule has 0 aliphatic rings. The number of nitrogens with zero attached hydrogens (tertiary/aromatic N) is 2. The Morgan fingerprint density at radius 2 is 0.783 bits per heavy atom. The minimum atomic E-state index is 0.0332. The largest absolute Gasteiger partial charge is 0.309 e. The van der Waals surface area contributed by atoms with Crippen LogP contribution in [-0.2, 0) is 0 Å². The van der Waals surface area contributed by atoms with Gasteiger partial charge in [0.1, 0.15) is 0 Å². The van der Waals surface area contributed by atoms with Crippen molar-refractivity contribution in [2.45, 2.75) is 0 Å². The molecule has 2 nitrogen and oxygen atoms in total. The van der Waals surface area contributed by atoms with Crippen LogP contribution in [0.2, 0.25) is 0 Å². The first kappa shape index (κ1) is 31.1. The first-order valence-corrected chi connectivity index (χ1v) is 20.4. The van der Waals surface area contributed by atoms with Crippen molar-refractivity contribution in [3.8, 4) is 55.9 Å². The lowest BCUT2D eigenvalue weighted by Crippen LogP contribution is -1.94. The Bertz CT molecular complexity index is 3770. The molecule has 0 amide bonds. The zero-order chi connectivity index (χ0) is 42.2. The van der Waals surface area contributed by atoms with Crippen molar-refractivity contribution >= 4 is 54.4 Å². The molecular formula is C58H38N2. The van der Waals surface area contributed by atoms with Gasteiger partial charge in [0.25, 0.3) is 0 Å². The van der Waals surface area contributed by atoms with Gasteiger partial charge in [-0.2, -0.15) is 0 Å². The lowest BCUT2D eigenvalue weighted by Gasteiger charge is -2.12. The maximum atomic E-state index is 9.97. The average molecular weight is 766 g/mol. The normalized spacial score (nSPS) is 12.4. The molecule has 0 radical (unpaired) electrons. The Labute approximate surface area is 352 Å². The van der Waals surface area contributed by atoms with Crippen LogP contribution < -0.4 is 0 Å². The van der Waals surface area contributed by atoms with E-state index in [-0.39, 0.29) is 18.1 Å². The second kappa shape index (κ2) is 13.9. The molecule has 0 aliphatic carbocycles. The molecule has 0 saturated carbocycles. The molecular weight excluding hydrogens is 725 g/mol. The maximum absolute atomic E-state index is 9.97. The van der Waals surface area contributed by atoms with Crippen LogP contribution in [0.25, 0.3) is 110 Å². The molecule has 12 rings (SSSR count). The Morgan fingerprint density at radius 3 is 1.48 bits per heavy atom. The van der Waals surface area contributed by atoms with E-state index in [1.165, 1.54) is 10.8 Å². The van der Waals surface area contributed by atoms with E-state index in [0.717, 1.165) is 83.0 Å². The van der Waals surface area contributed by atoms with Gasteiger partial charge in [0.05, 0.1) is 26.2 Å². The molecule has 0 aliphatic heterocycles. The molecule has 0 N–H and O–H groups in total. The van der Waals surface area contributed by atoms with Crippen LogP contribution in [0.3, 0.4) is 0 Å². The second-order valence-corrected chi connectivity index (χ2v) is 15.5. The summed E-state index contributed by atoms with van der Waals surface area (Å²) in [5.41, 5.74) is 13.4. The summed E-state index contributed by atoms with van der Waals surface area (Å²) in [6.07, 6.45) is 0. The van der Waals surface area contributed by atoms with Crippen LogP contribution in [0.5, 0.6) is 0 Å². The van der Waals surface area contributed by atoms with Crippen LogP contribution in [0.1, 0.15) is 4.11 Å². The first-order chi connectivity index (χ1) is 31.0. The second-order valence-electron chi connectivity index (χ2n) is 15.5. The highest BCUT2D eigenvalue weighted by atomic mass is 15.0. The van der Waals surface area contributed by atoms with E-state index in [2.05, 4.69) is 155 Å². The molecule has 2 aromatic heterocycles. The maximum Gasteiger partial charge on any atom is 0.0645 e. The summed E-state index contributed by atoms with van der Waals surface area (Å²) in [6, 6.07) is 74.2. The molecule has 10 aromatic carbocycles. The van der Waals surface area contributed by atoms with E-state index in [4.69, 9.17) is 0 Å². The highest BCUT2D eigenvalue weighted by Crippen LogP contribution is 2.41. The minimum absolute atomic E-state index is 0.0332. The van der Waals surface area contributed by atoms with Crippen LogP contribution in [0.15, 0.2) is 230 Å². The highest BCUT2D eigenvalue weighted by molar-refractivity contribution is 6.14. The van der Waals surface area contributed by atoms with E-state index in [9.17, 15) is 4.11 Å². The van der Waals surface area contributed by atoms with Crippen molar-refractivity contribution < 1.29 is 4.11 Å². The summed E-state index contributed by atoms with van der Waals surface area (Å²) in [4.78, 5) is 0. The van der Waals surface area contributed by atoms with Crippen molar-refractivity contribution in [3.05, 3.63) is 230 Å². The number of rotatable bonds is 6. The van der Waals surface area contributed by atoms with Crippen molar-refractivity contribution in [1.82, 2.24) is 9.13 Å². The van der Waals surface area contributed by atoms with Gasteiger partial charge < -0.3 is 9.13 Å². The molecule has 60 heavy (non-hydrogen) atoms. The summed E-state index contributed by atoms with van der Waals surface area (Å²) < 4.78 is 33.7. The molecule has 2 heteroatoms. The van der Waals surface area contributed by atoms with Crippen LogP contribution in [-0.4, -0.2) is 9.13 Å². The number of para-hydroxylation sites is 1. The van der Waals surface area contributed by atoms with Gasteiger partial charge in [0.2, 0.25) is 0 Å². The zero-order valence-electron chi connectivity index (χ0n) is 35.6. The molecule has 0 saturated heterocycles. The molecule has 0 unspecified atom stereocenters. The van der Waals surface area contributed by atoms with Gasteiger partial charge >= 0.3 is 0 Å². The Kier molecular flexibility index (Phi) is 7.19. The Hall–Kier alpha value is -7.94. The van der Waals surface area contributed by atoms with Crippen LogP contribution in [0, 0.1) is 0 Å². The molecule has 12 aromatic rings. The van der Waals surface area contributed by atoms with E-state index in [0.29, 0.717) is 16.5 Å². The Morgan fingerprint density at radius 1 is 0.283 bits per heavy atom. The third kappa shape index (κ3) is 5.57. The number of benzene rings is 10. The van der Waals surface area contributed by atoms with Crippen LogP contribution in [0.4, 0.5) is 0 Å². The van der Waals surface area contributed by atoms with E-state index in [1.807, 2.05) is 66.7 Å². The standard InChI is InChI=1S/C58H38N2/c1-3-14-39(15-4-1)42-20-11-22-47(34-42)59-55-27-10-9-25-51(55)52-36-44(28-31-56(52)59)45-29-32-57-53(37-45)54-38-46(50-26-13-19-41-18-7-8-24-49(41)50)30-33-58(54)60(57)48-23-12-21-43(35-48)40-16-5-2-6-17-40/h1-38H/i28D,31D,36D. The van der Waals surface area contributed by atoms with Gasteiger partial charge in [-0.15, -0.1) is 0 Å². The third-order valence-electron chi connectivity index (χ3n) is 12.0. The zero-order valence-corrected chi connectivity index (χ0v) is 32.6. The predicted molar refractivity (Wildman–Crippen MR) is 254 cm³/mol. The van der Waals surface area contributed by atoms with Gasteiger partial charge in [0, 0.05) is 32.9 Å². The minimum Gasteiger partial charge on any atom is -0.309 e. The summed E-state index contributed by atoms with van der Waals surface area (Å²) >= 11 is 0. The fourth-order valence-electron chi connectivity index (χ4n) is 9.19. The molecule has 280 valence electrons. The topological polar surface area (TPSA) is 9.86 Å². The third-order valence-corrected chi connectivity index (χ3v) is 12.0. The van der Waals surface area contributed by atoms with E-state index in [1.54, 1.807) is 0 Å². The quantitative estimate of drug-likeness (QED) is 0.160. The molecule has 2 heterocycles. The van der Waals surface area contributed by atoms with Gasteiger partial charge in [0.15, 0.2) is 0 Å². The number of fused-ring (bicyclic) bond motifs is 7. The van der Waals surface area contributed by atoms with Gasteiger partial charge in [-0.05, 0) is 122 Å². The highest BCUT2D eigenvalue weighted by Gasteiger charge is 2.18. The van der Waals surface area contributed by atoms with Crippen molar-refractivity contribution in [3.63, 3.8) is 0 Å². The van der Waals surface area contributed by atoms with Gasteiger partial charge in [-0.25, -0.2) is 0 Å². The fourth-order valence-corrected chi connectivity index (χ4v) is 9.19. The molecule has 0 atom stereocenters. The lowest BCUT2D eigenvalue weighted by atomic mass is 9.96. The SMILES string of the molecule is [2H]c1c(-c2ccc3c(c2)c2cc(-c4cccc5ccccc45)ccc2n3-c2cccc(-c3ccccc3)c2)c([2H])c2c3ccccc3n(-c3cccc(-c4ccccc4)c3)c2c1[2H]. The summed E-state index contributed by atoms with van der Waals surface area (Å²) in [7, 11) is 0. The summed E-state index contributed by atoms with van der Waals surface area (Å²) in [5, 5.41) is 6.02. The summed E-state index contributed by atoms with van der Waals surface area (Å²) in [5.74, 6) is 0. The monoisotopic (exact) mass is 765 g/mol.